The molecule has 29 heavy (non-hydrogen) atoms. The number of anilines is 1. The Morgan fingerprint density at radius 3 is 2.45 bits per heavy atom. The van der Waals surface area contributed by atoms with E-state index in [1.54, 1.807) is 0 Å². The van der Waals surface area contributed by atoms with Crippen LogP contribution in [0.5, 0.6) is 0 Å². The molecule has 1 aromatic carbocycles. The molecule has 2 aromatic heterocycles. The molecule has 6 heteroatoms. The summed E-state index contributed by atoms with van der Waals surface area (Å²) in [5, 5.41) is 5.03. The molecule has 0 bridgehead atoms. The van der Waals surface area contributed by atoms with Crippen LogP contribution >= 0.6 is 11.6 Å². The van der Waals surface area contributed by atoms with E-state index in [1.165, 1.54) is 0 Å². The number of aromatic nitrogens is 3. The van der Waals surface area contributed by atoms with Gasteiger partial charge >= 0.3 is 0 Å². The first kappa shape index (κ1) is 22.8. The van der Waals surface area contributed by atoms with Gasteiger partial charge in [-0.05, 0) is 38.0 Å². The minimum Gasteiger partial charge on any atom is -0.380 e. The molecule has 0 fully saturated rings. The number of hydrogen-bond donors (Lipinski definition) is 1. The number of nitrogens with zero attached hydrogens (tertiary/aromatic N) is 3. The Hall–Kier alpha value is -2.53. The minimum atomic E-state index is 0.361. The van der Waals surface area contributed by atoms with E-state index in [2.05, 4.69) is 46.8 Å². The highest BCUT2D eigenvalue weighted by molar-refractivity contribution is 6.35. The van der Waals surface area contributed by atoms with E-state index in [1.807, 2.05) is 38.4 Å². The predicted octanol–water partition coefficient (Wildman–Crippen LogP) is 6.74. The van der Waals surface area contributed by atoms with Gasteiger partial charge in [0.25, 0.3) is 0 Å². The summed E-state index contributed by atoms with van der Waals surface area (Å²) in [4.78, 5) is 13.7. The number of pyridine rings is 1. The molecule has 0 spiro atoms. The van der Waals surface area contributed by atoms with Crippen LogP contribution in [0.4, 0.5) is 10.1 Å². The second kappa shape index (κ2) is 10.3. The van der Waals surface area contributed by atoms with E-state index < -0.39 is 0 Å². The zero-order valence-corrected chi connectivity index (χ0v) is 18.4. The van der Waals surface area contributed by atoms with Crippen LogP contribution in [0, 0.1) is 6.92 Å². The maximum Gasteiger partial charge on any atom is 0.131 e. The minimum absolute atomic E-state index is 0.361. The van der Waals surface area contributed by atoms with Crippen LogP contribution in [0.15, 0.2) is 42.7 Å². The van der Waals surface area contributed by atoms with Crippen molar-refractivity contribution >= 4 is 28.2 Å². The van der Waals surface area contributed by atoms with Gasteiger partial charge in [-0.2, -0.15) is 0 Å². The first-order chi connectivity index (χ1) is 13.9. The zero-order chi connectivity index (χ0) is 21.6. The van der Waals surface area contributed by atoms with Crippen molar-refractivity contribution in [2.24, 2.45) is 0 Å². The molecule has 0 saturated carbocycles. The summed E-state index contributed by atoms with van der Waals surface area (Å²) >= 11 is 6.55. The number of hydrogen-bond acceptors (Lipinski definition) is 4. The molecule has 4 nitrogen and oxygen atoms in total. The van der Waals surface area contributed by atoms with Crippen molar-refractivity contribution in [3.8, 4) is 11.1 Å². The van der Waals surface area contributed by atoms with E-state index in [4.69, 9.17) is 11.6 Å². The summed E-state index contributed by atoms with van der Waals surface area (Å²) < 4.78 is 9.50. The molecule has 3 rings (SSSR count). The van der Waals surface area contributed by atoms with Crippen LogP contribution in [0.1, 0.15) is 44.6 Å². The van der Waals surface area contributed by atoms with Crippen molar-refractivity contribution in [1.82, 2.24) is 15.0 Å². The van der Waals surface area contributed by atoms with Gasteiger partial charge in [-0.1, -0.05) is 43.7 Å². The number of halogens is 2. The number of fused-ring (bicyclic) bond motifs is 1. The second-order valence-corrected chi connectivity index (χ2v) is 7.45. The molecular weight excluding hydrogens is 387 g/mol. The van der Waals surface area contributed by atoms with E-state index >= 15 is 0 Å². The fourth-order valence-electron chi connectivity index (χ4n) is 2.88. The van der Waals surface area contributed by atoms with Crippen molar-refractivity contribution in [3.63, 3.8) is 0 Å². The summed E-state index contributed by atoms with van der Waals surface area (Å²) in [7, 11) is 0.500. The van der Waals surface area contributed by atoms with Crippen molar-refractivity contribution in [2.75, 3.05) is 19.0 Å². The van der Waals surface area contributed by atoms with Gasteiger partial charge in [0.05, 0.1) is 29.1 Å². The molecule has 0 amide bonds. The van der Waals surface area contributed by atoms with Crippen molar-refractivity contribution < 1.29 is 4.39 Å². The van der Waals surface area contributed by atoms with Crippen LogP contribution < -0.4 is 5.32 Å². The highest BCUT2D eigenvalue weighted by atomic mass is 35.5. The molecule has 1 unspecified atom stereocenters. The zero-order valence-electron chi connectivity index (χ0n) is 17.7. The highest BCUT2D eigenvalue weighted by Gasteiger charge is 2.13. The third-order valence-electron chi connectivity index (χ3n) is 4.72. The Labute approximate surface area is 177 Å². The number of nitrogens with one attached hydrogen (secondary N) is 1. The average molecular weight is 415 g/mol. The van der Waals surface area contributed by atoms with E-state index in [-0.39, 0.29) is 0 Å². The van der Waals surface area contributed by atoms with Gasteiger partial charge in [0.15, 0.2) is 0 Å². The van der Waals surface area contributed by atoms with Crippen LogP contribution in [0.3, 0.4) is 0 Å². The van der Waals surface area contributed by atoms with Gasteiger partial charge in [0.2, 0.25) is 0 Å². The number of rotatable bonds is 6. The third kappa shape index (κ3) is 5.30. The maximum atomic E-state index is 9.50. The molecule has 0 saturated heterocycles. The first-order valence-corrected chi connectivity index (χ1v) is 9.96. The van der Waals surface area contributed by atoms with E-state index in [9.17, 15) is 4.39 Å². The van der Waals surface area contributed by atoms with Crippen LogP contribution in [0.2, 0.25) is 5.02 Å². The largest absolute Gasteiger partial charge is 0.380 e. The first-order valence-electron chi connectivity index (χ1n) is 9.59. The van der Waals surface area contributed by atoms with Crippen LogP contribution in [-0.2, 0) is 0 Å². The summed E-state index contributed by atoms with van der Waals surface area (Å²) in [6.07, 6.45) is 4.80. The Morgan fingerprint density at radius 2 is 1.86 bits per heavy atom. The Balaban J connectivity index is 0.00000145. The Bertz CT molecular complexity index is 986. The van der Waals surface area contributed by atoms with Crippen molar-refractivity contribution in [2.45, 2.75) is 40.0 Å². The summed E-state index contributed by atoms with van der Waals surface area (Å²) in [5.74, 6) is 1.24. The molecule has 0 aliphatic heterocycles. The van der Waals surface area contributed by atoms with E-state index in [0.29, 0.717) is 24.7 Å². The molecule has 0 radical (unpaired) electrons. The van der Waals surface area contributed by atoms with Crippen molar-refractivity contribution in [1.29, 1.82) is 0 Å². The lowest BCUT2D eigenvalue weighted by atomic mass is 10.0. The summed E-state index contributed by atoms with van der Waals surface area (Å²) in [6.45, 7) is 12.8. The van der Waals surface area contributed by atoms with Gasteiger partial charge in [-0.3, -0.25) is 9.37 Å². The van der Waals surface area contributed by atoms with Gasteiger partial charge in [0.1, 0.15) is 5.82 Å². The van der Waals surface area contributed by atoms with E-state index in [0.717, 1.165) is 51.2 Å². The Morgan fingerprint density at radius 1 is 1.21 bits per heavy atom. The molecule has 154 valence electrons. The molecule has 0 aliphatic carbocycles. The summed E-state index contributed by atoms with van der Waals surface area (Å²) in [6, 6.07) is 6.16. The normalized spacial score (nSPS) is 11.6. The Kier molecular flexibility index (Phi) is 8.09. The molecule has 0 aliphatic rings. The quantitative estimate of drug-likeness (QED) is 0.453. The van der Waals surface area contributed by atoms with Crippen molar-refractivity contribution in [3.05, 3.63) is 59.3 Å². The predicted molar refractivity (Wildman–Crippen MR) is 122 cm³/mol. The van der Waals surface area contributed by atoms with Crippen LogP contribution in [0.25, 0.3) is 22.0 Å². The fourth-order valence-corrected chi connectivity index (χ4v) is 3.09. The lowest BCUT2D eigenvalue weighted by Crippen LogP contribution is -2.05. The third-order valence-corrected chi connectivity index (χ3v) is 5.18. The molecule has 1 atom stereocenters. The standard InChI is InChI=1S/C22H25ClN4.CH3F/c1-6-14(4)22-25-11-17(12-26-22)16-7-8-19-18(9-16)21(24-10-13(2)3)20(23)15(5)27-19;1-2/h7-9,11-12,14H,2,6,10H2,1,3-5H3,(H,24,27);1H3. The molecular formula is C23H28ClFN4. The molecule has 1 N–H and O–H groups in total. The number of aryl methyl sites for hydroxylation is 1. The SMILES string of the molecule is C=C(C)CNc1c(Cl)c(C)nc2ccc(-c3cnc(C(C)CC)nc3)cc12.CF. The highest BCUT2D eigenvalue weighted by Crippen LogP contribution is 2.35. The number of alkyl halides is 1. The van der Waals surface area contributed by atoms with Gasteiger partial charge in [0, 0.05) is 35.8 Å². The fraction of sp³-hybridized carbons (Fsp3) is 0.348. The number of benzene rings is 1. The van der Waals surface area contributed by atoms with Gasteiger partial charge in [-0.25, -0.2) is 9.97 Å². The second-order valence-electron chi connectivity index (χ2n) is 7.07. The topological polar surface area (TPSA) is 50.7 Å². The van der Waals surface area contributed by atoms with Crippen LogP contribution in [-0.4, -0.2) is 28.7 Å². The lowest BCUT2D eigenvalue weighted by molar-refractivity contribution is 0.636. The van der Waals surface area contributed by atoms with Gasteiger partial charge in [-0.15, -0.1) is 0 Å². The maximum absolute atomic E-state index is 9.50. The smallest absolute Gasteiger partial charge is 0.131 e. The summed E-state index contributed by atoms with van der Waals surface area (Å²) in [5.41, 5.74) is 5.66. The van der Waals surface area contributed by atoms with Gasteiger partial charge < -0.3 is 5.32 Å². The average Bonchev–Trinajstić information content (AvgIpc) is 2.74. The molecule has 2 heterocycles. The lowest BCUT2D eigenvalue weighted by Gasteiger charge is -2.14. The monoisotopic (exact) mass is 414 g/mol. The molecule has 3 aromatic rings.